The van der Waals surface area contributed by atoms with Crippen LogP contribution in [0.5, 0.6) is 0 Å². The number of halogens is 2. The van der Waals surface area contributed by atoms with Crippen LogP contribution >= 0.6 is 0 Å². The van der Waals surface area contributed by atoms with Crippen molar-refractivity contribution < 1.29 is 23.4 Å². The van der Waals surface area contributed by atoms with Crippen molar-refractivity contribution in [2.24, 2.45) is 0 Å². The maximum atomic E-state index is 13.8. The highest BCUT2D eigenvalue weighted by Gasteiger charge is 2.14. The number of hydrogen-bond donors (Lipinski definition) is 2. The Morgan fingerprint density at radius 2 is 1.90 bits per heavy atom. The zero-order valence-corrected chi connectivity index (χ0v) is 11.2. The molecule has 2 aromatic rings. The van der Waals surface area contributed by atoms with Crippen LogP contribution in [0.25, 0.3) is 0 Å². The van der Waals surface area contributed by atoms with E-state index in [0.717, 1.165) is 17.7 Å². The highest BCUT2D eigenvalue weighted by Crippen LogP contribution is 2.25. The van der Waals surface area contributed by atoms with Gasteiger partial charge >= 0.3 is 5.97 Å². The lowest BCUT2D eigenvalue weighted by Gasteiger charge is -2.11. The third-order valence-electron chi connectivity index (χ3n) is 2.80. The average molecular weight is 293 g/mol. The smallest absolute Gasteiger partial charge is 0.335 e. The van der Waals surface area contributed by atoms with E-state index in [1.807, 2.05) is 6.07 Å². The summed E-state index contributed by atoms with van der Waals surface area (Å²) in [6, 6.07) is 8.41. The predicted molar refractivity (Wildman–Crippen MR) is 73.8 cm³/mol. The summed E-state index contributed by atoms with van der Waals surface area (Å²) >= 11 is 0. The van der Waals surface area contributed by atoms with Crippen LogP contribution in [0.3, 0.4) is 0 Å². The number of carboxylic acid groups (broad SMARTS) is 1. The van der Waals surface area contributed by atoms with E-state index in [1.165, 1.54) is 0 Å². The SMILES string of the molecule is COCc1cccc(Nc2c(F)cc(C(=O)O)cc2F)c1. The van der Waals surface area contributed by atoms with Crippen LogP contribution in [-0.4, -0.2) is 18.2 Å². The van der Waals surface area contributed by atoms with E-state index in [0.29, 0.717) is 12.3 Å². The molecule has 4 nitrogen and oxygen atoms in total. The molecule has 0 bridgehead atoms. The van der Waals surface area contributed by atoms with Gasteiger partial charge in [0.1, 0.15) is 5.69 Å². The number of aromatic carboxylic acids is 1. The van der Waals surface area contributed by atoms with Gasteiger partial charge in [0.2, 0.25) is 0 Å². The highest BCUT2D eigenvalue weighted by atomic mass is 19.1. The first kappa shape index (κ1) is 14.9. The minimum atomic E-state index is -1.39. The monoisotopic (exact) mass is 293 g/mol. The normalized spacial score (nSPS) is 10.4. The molecule has 0 fully saturated rings. The van der Waals surface area contributed by atoms with Gasteiger partial charge in [0.25, 0.3) is 0 Å². The van der Waals surface area contributed by atoms with E-state index in [-0.39, 0.29) is 0 Å². The number of carboxylic acids is 1. The Bertz CT molecular complexity index is 651. The van der Waals surface area contributed by atoms with Gasteiger partial charge in [0.05, 0.1) is 12.2 Å². The summed E-state index contributed by atoms with van der Waals surface area (Å²) in [6.45, 7) is 0.373. The van der Waals surface area contributed by atoms with Crippen molar-refractivity contribution in [1.29, 1.82) is 0 Å². The molecule has 0 aromatic heterocycles. The molecule has 6 heteroatoms. The average Bonchev–Trinajstić information content (AvgIpc) is 2.43. The zero-order valence-electron chi connectivity index (χ0n) is 11.2. The third kappa shape index (κ3) is 3.55. The van der Waals surface area contributed by atoms with Crippen LogP contribution in [-0.2, 0) is 11.3 Å². The molecule has 0 saturated heterocycles. The van der Waals surface area contributed by atoms with E-state index in [9.17, 15) is 13.6 Å². The number of anilines is 2. The maximum absolute atomic E-state index is 13.8. The Hall–Kier alpha value is -2.47. The number of benzene rings is 2. The molecule has 2 N–H and O–H groups in total. The molecule has 0 amide bonds. The molecule has 0 aliphatic rings. The molecule has 21 heavy (non-hydrogen) atoms. The molecule has 0 heterocycles. The van der Waals surface area contributed by atoms with Crippen molar-refractivity contribution in [1.82, 2.24) is 0 Å². The van der Waals surface area contributed by atoms with Crippen LogP contribution in [0, 0.1) is 11.6 Å². The maximum Gasteiger partial charge on any atom is 0.335 e. The van der Waals surface area contributed by atoms with Crippen molar-refractivity contribution in [3.8, 4) is 0 Å². The molecule has 0 saturated carbocycles. The van der Waals surface area contributed by atoms with Crippen LogP contribution < -0.4 is 5.32 Å². The minimum Gasteiger partial charge on any atom is -0.478 e. The lowest BCUT2D eigenvalue weighted by atomic mass is 10.1. The Balaban J connectivity index is 2.31. The molecule has 0 spiro atoms. The molecule has 0 atom stereocenters. The van der Waals surface area contributed by atoms with Gasteiger partial charge < -0.3 is 15.2 Å². The van der Waals surface area contributed by atoms with Gasteiger partial charge in [0, 0.05) is 12.8 Å². The first-order valence-corrected chi connectivity index (χ1v) is 6.08. The van der Waals surface area contributed by atoms with Crippen LogP contribution in [0.1, 0.15) is 15.9 Å². The van der Waals surface area contributed by atoms with Crippen molar-refractivity contribution in [3.63, 3.8) is 0 Å². The summed E-state index contributed by atoms with van der Waals surface area (Å²) in [5.41, 5.74) is 0.481. The van der Waals surface area contributed by atoms with Crippen molar-refractivity contribution >= 4 is 17.3 Å². The summed E-state index contributed by atoms with van der Waals surface area (Å²) in [4.78, 5) is 10.7. The highest BCUT2D eigenvalue weighted by molar-refractivity contribution is 5.88. The third-order valence-corrected chi connectivity index (χ3v) is 2.80. The second kappa shape index (κ2) is 6.32. The molecule has 2 rings (SSSR count). The summed E-state index contributed by atoms with van der Waals surface area (Å²) in [5.74, 6) is -3.32. The van der Waals surface area contributed by atoms with E-state index in [2.05, 4.69) is 5.32 Å². The van der Waals surface area contributed by atoms with E-state index >= 15 is 0 Å². The summed E-state index contributed by atoms with van der Waals surface area (Å²) < 4.78 is 32.6. The van der Waals surface area contributed by atoms with Crippen LogP contribution in [0.2, 0.25) is 0 Å². The Morgan fingerprint density at radius 3 is 2.48 bits per heavy atom. The molecule has 0 aliphatic heterocycles. The fraction of sp³-hybridized carbons (Fsp3) is 0.133. The molecule has 2 aromatic carbocycles. The van der Waals surface area contributed by atoms with Gasteiger partial charge in [-0.05, 0) is 29.8 Å². The summed E-state index contributed by atoms with van der Waals surface area (Å²) in [5, 5.41) is 11.3. The standard InChI is InChI=1S/C15H13F2NO3/c1-21-8-9-3-2-4-11(5-9)18-14-12(16)6-10(15(19)20)7-13(14)17/h2-7,18H,8H2,1H3,(H,19,20). The summed E-state index contributed by atoms with van der Waals surface area (Å²) in [7, 11) is 1.55. The lowest BCUT2D eigenvalue weighted by Crippen LogP contribution is -2.03. The largest absolute Gasteiger partial charge is 0.478 e. The predicted octanol–water partition coefficient (Wildman–Crippen LogP) is 3.55. The molecular weight excluding hydrogens is 280 g/mol. The Kier molecular flexibility index (Phi) is 4.49. The second-order valence-corrected chi connectivity index (χ2v) is 4.38. The molecule has 0 aliphatic carbocycles. The summed E-state index contributed by atoms with van der Waals surface area (Å²) in [6.07, 6.45) is 0. The second-order valence-electron chi connectivity index (χ2n) is 4.38. The zero-order chi connectivity index (χ0) is 15.4. The van der Waals surface area contributed by atoms with Gasteiger partial charge in [-0.3, -0.25) is 0 Å². The number of nitrogens with one attached hydrogen (secondary N) is 1. The van der Waals surface area contributed by atoms with E-state index < -0.39 is 28.9 Å². The molecular formula is C15H13F2NO3. The Morgan fingerprint density at radius 1 is 1.24 bits per heavy atom. The van der Waals surface area contributed by atoms with Crippen molar-refractivity contribution in [2.75, 3.05) is 12.4 Å². The van der Waals surface area contributed by atoms with E-state index in [4.69, 9.17) is 9.84 Å². The minimum absolute atomic E-state index is 0.373. The van der Waals surface area contributed by atoms with Gasteiger partial charge in [-0.1, -0.05) is 12.1 Å². The van der Waals surface area contributed by atoms with Crippen LogP contribution in [0.4, 0.5) is 20.2 Å². The van der Waals surface area contributed by atoms with Crippen LogP contribution in [0.15, 0.2) is 36.4 Å². The number of carbonyl (C=O) groups is 1. The topological polar surface area (TPSA) is 58.6 Å². The fourth-order valence-corrected chi connectivity index (χ4v) is 1.87. The number of hydrogen-bond acceptors (Lipinski definition) is 3. The van der Waals surface area contributed by atoms with E-state index in [1.54, 1.807) is 25.3 Å². The number of ether oxygens (including phenoxy) is 1. The molecule has 0 radical (unpaired) electrons. The first-order chi connectivity index (χ1) is 10.0. The van der Waals surface area contributed by atoms with Crippen molar-refractivity contribution in [2.45, 2.75) is 6.61 Å². The molecule has 0 unspecified atom stereocenters. The molecule has 110 valence electrons. The fourth-order valence-electron chi connectivity index (χ4n) is 1.87. The van der Waals surface area contributed by atoms with Gasteiger partial charge in [-0.25, -0.2) is 13.6 Å². The first-order valence-electron chi connectivity index (χ1n) is 6.08. The quantitative estimate of drug-likeness (QED) is 0.885. The lowest BCUT2D eigenvalue weighted by molar-refractivity contribution is 0.0696. The number of rotatable bonds is 5. The van der Waals surface area contributed by atoms with Gasteiger partial charge in [0.15, 0.2) is 11.6 Å². The van der Waals surface area contributed by atoms with Gasteiger partial charge in [-0.2, -0.15) is 0 Å². The Labute approximate surface area is 120 Å². The number of methoxy groups -OCH3 is 1. The van der Waals surface area contributed by atoms with Crippen molar-refractivity contribution in [3.05, 3.63) is 59.2 Å². The van der Waals surface area contributed by atoms with Gasteiger partial charge in [-0.15, -0.1) is 0 Å².